The number of rotatable bonds is 2. The van der Waals surface area contributed by atoms with Crippen LogP contribution in [0.15, 0.2) is 12.3 Å². The van der Waals surface area contributed by atoms with Gasteiger partial charge in [-0.15, -0.1) is 5.10 Å². The number of anilines is 1. The second-order valence-corrected chi connectivity index (χ2v) is 3.36. The van der Waals surface area contributed by atoms with Crippen molar-refractivity contribution in [2.24, 2.45) is 0 Å². The highest BCUT2D eigenvalue weighted by Crippen LogP contribution is 2.19. The molecule has 2 heterocycles. The van der Waals surface area contributed by atoms with Gasteiger partial charge in [-0.3, -0.25) is 0 Å². The lowest BCUT2D eigenvalue weighted by atomic mass is 10.2. The molecule has 2 aromatic heterocycles. The third kappa shape index (κ3) is 1.21. The number of hydrogen-bond acceptors (Lipinski definition) is 4. The van der Waals surface area contributed by atoms with Gasteiger partial charge in [-0.25, -0.2) is 9.67 Å². The Morgan fingerprint density at radius 2 is 2.36 bits per heavy atom. The van der Waals surface area contributed by atoms with Crippen LogP contribution < -0.4 is 5.73 Å². The number of hydrogen-bond donors (Lipinski definition) is 1. The number of nitrogens with two attached hydrogens (primary N) is 1. The second-order valence-electron chi connectivity index (χ2n) is 3.36. The van der Waals surface area contributed by atoms with Crippen LogP contribution in [0, 0.1) is 0 Å². The molecule has 14 heavy (non-hydrogen) atoms. The molecule has 0 aliphatic carbocycles. The molecule has 0 bridgehead atoms. The Morgan fingerprint density at radius 1 is 1.57 bits per heavy atom. The van der Waals surface area contributed by atoms with Crippen molar-refractivity contribution >= 4 is 16.9 Å². The molecule has 0 spiro atoms. The topological polar surface area (TPSA) is 69.6 Å². The number of fused-ring (bicyclic) bond motifs is 1. The Kier molecular flexibility index (Phi) is 2.07. The molecule has 1 unspecified atom stereocenters. The summed E-state index contributed by atoms with van der Waals surface area (Å²) in [5.41, 5.74) is 7.84. The standard InChI is InChI=1S/C9H13N5/c1-3-6(2)14-9-8(12-13-14)7(10)4-5-11-9/h4-6H,3H2,1-2H3,(H2,10,11). The number of pyridine rings is 1. The van der Waals surface area contributed by atoms with E-state index in [9.17, 15) is 0 Å². The van der Waals surface area contributed by atoms with Crippen LogP contribution in [0.4, 0.5) is 5.69 Å². The van der Waals surface area contributed by atoms with Gasteiger partial charge in [0.25, 0.3) is 0 Å². The van der Waals surface area contributed by atoms with E-state index in [1.54, 1.807) is 12.3 Å². The van der Waals surface area contributed by atoms with E-state index in [2.05, 4.69) is 29.1 Å². The molecule has 0 saturated carbocycles. The molecule has 74 valence electrons. The summed E-state index contributed by atoms with van der Waals surface area (Å²) >= 11 is 0. The van der Waals surface area contributed by atoms with Gasteiger partial charge < -0.3 is 5.73 Å². The van der Waals surface area contributed by atoms with Gasteiger partial charge in [-0.2, -0.15) is 0 Å². The highest BCUT2D eigenvalue weighted by molar-refractivity contribution is 5.82. The van der Waals surface area contributed by atoms with Crippen LogP contribution in [0.3, 0.4) is 0 Å². The lowest BCUT2D eigenvalue weighted by Gasteiger charge is -2.07. The molecule has 0 aliphatic heterocycles. The summed E-state index contributed by atoms with van der Waals surface area (Å²) in [4.78, 5) is 4.23. The Balaban J connectivity index is 2.63. The van der Waals surface area contributed by atoms with E-state index < -0.39 is 0 Å². The van der Waals surface area contributed by atoms with Crippen molar-refractivity contribution in [1.82, 2.24) is 20.0 Å². The van der Waals surface area contributed by atoms with Gasteiger partial charge in [-0.05, 0) is 19.4 Å². The van der Waals surface area contributed by atoms with E-state index in [0.29, 0.717) is 17.2 Å². The highest BCUT2D eigenvalue weighted by Gasteiger charge is 2.11. The molecule has 2 rings (SSSR count). The Labute approximate surface area is 81.9 Å². The average molecular weight is 191 g/mol. The zero-order valence-electron chi connectivity index (χ0n) is 8.31. The summed E-state index contributed by atoms with van der Waals surface area (Å²) in [6.45, 7) is 4.18. The molecule has 0 radical (unpaired) electrons. The molecule has 2 aromatic rings. The zero-order valence-corrected chi connectivity index (χ0v) is 8.31. The van der Waals surface area contributed by atoms with Crippen LogP contribution in [0.2, 0.25) is 0 Å². The smallest absolute Gasteiger partial charge is 0.180 e. The summed E-state index contributed by atoms with van der Waals surface area (Å²) in [5, 5.41) is 8.06. The van der Waals surface area contributed by atoms with Crippen molar-refractivity contribution in [3.63, 3.8) is 0 Å². The van der Waals surface area contributed by atoms with Gasteiger partial charge in [0.15, 0.2) is 11.2 Å². The van der Waals surface area contributed by atoms with E-state index in [-0.39, 0.29) is 0 Å². The maximum Gasteiger partial charge on any atom is 0.180 e. The molecule has 0 amide bonds. The number of nitrogens with zero attached hydrogens (tertiary/aromatic N) is 4. The first kappa shape index (κ1) is 8.93. The first-order chi connectivity index (χ1) is 6.74. The van der Waals surface area contributed by atoms with Gasteiger partial charge in [0, 0.05) is 6.20 Å². The van der Waals surface area contributed by atoms with Gasteiger partial charge in [-0.1, -0.05) is 12.1 Å². The summed E-state index contributed by atoms with van der Waals surface area (Å²) in [6.07, 6.45) is 2.68. The minimum Gasteiger partial charge on any atom is -0.397 e. The highest BCUT2D eigenvalue weighted by atomic mass is 15.4. The monoisotopic (exact) mass is 191 g/mol. The fraction of sp³-hybridized carbons (Fsp3) is 0.444. The minimum atomic E-state index is 0.300. The second kappa shape index (κ2) is 3.25. The molecule has 1 atom stereocenters. The van der Waals surface area contributed by atoms with Gasteiger partial charge in [0.2, 0.25) is 0 Å². The lowest BCUT2D eigenvalue weighted by molar-refractivity contribution is 0.475. The van der Waals surface area contributed by atoms with E-state index in [1.165, 1.54) is 0 Å². The molecular weight excluding hydrogens is 178 g/mol. The van der Waals surface area contributed by atoms with Crippen LogP contribution in [-0.4, -0.2) is 20.0 Å². The predicted octanol–water partition coefficient (Wildman–Crippen LogP) is 1.38. The zero-order chi connectivity index (χ0) is 10.1. The number of aromatic nitrogens is 4. The Morgan fingerprint density at radius 3 is 3.07 bits per heavy atom. The quantitative estimate of drug-likeness (QED) is 0.778. The maximum atomic E-state index is 5.76. The van der Waals surface area contributed by atoms with Crippen molar-refractivity contribution in [2.75, 3.05) is 5.73 Å². The van der Waals surface area contributed by atoms with Gasteiger partial charge in [0.1, 0.15) is 0 Å². The van der Waals surface area contributed by atoms with E-state index in [1.807, 2.05) is 4.68 Å². The van der Waals surface area contributed by atoms with Crippen LogP contribution in [0.1, 0.15) is 26.3 Å². The van der Waals surface area contributed by atoms with E-state index >= 15 is 0 Å². The normalized spacial score (nSPS) is 13.3. The Hall–Kier alpha value is -1.65. The summed E-state index contributed by atoms with van der Waals surface area (Å²) in [6, 6.07) is 2.03. The molecule has 0 saturated heterocycles. The van der Waals surface area contributed by atoms with Crippen molar-refractivity contribution in [3.8, 4) is 0 Å². The minimum absolute atomic E-state index is 0.300. The van der Waals surface area contributed by atoms with Gasteiger partial charge in [0.05, 0.1) is 11.7 Å². The van der Waals surface area contributed by atoms with Crippen LogP contribution in [0.5, 0.6) is 0 Å². The van der Waals surface area contributed by atoms with Crippen molar-refractivity contribution in [1.29, 1.82) is 0 Å². The molecule has 5 heteroatoms. The average Bonchev–Trinajstić information content (AvgIpc) is 2.62. The first-order valence-corrected chi connectivity index (χ1v) is 4.69. The molecule has 5 nitrogen and oxygen atoms in total. The molecule has 0 fully saturated rings. The maximum absolute atomic E-state index is 5.76. The van der Waals surface area contributed by atoms with Crippen LogP contribution in [-0.2, 0) is 0 Å². The first-order valence-electron chi connectivity index (χ1n) is 4.69. The fourth-order valence-electron chi connectivity index (χ4n) is 1.33. The predicted molar refractivity (Wildman–Crippen MR) is 54.7 cm³/mol. The van der Waals surface area contributed by atoms with E-state index in [0.717, 1.165) is 12.1 Å². The molecule has 0 aliphatic rings. The summed E-state index contributed by atoms with van der Waals surface area (Å²) in [7, 11) is 0. The van der Waals surface area contributed by atoms with E-state index in [4.69, 9.17) is 5.73 Å². The van der Waals surface area contributed by atoms with Crippen molar-refractivity contribution in [2.45, 2.75) is 26.3 Å². The third-order valence-corrected chi connectivity index (χ3v) is 2.40. The lowest BCUT2D eigenvalue weighted by Crippen LogP contribution is -2.06. The largest absolute Gasteiger partial charge is 0.397 e. The Bertz CT molecular complexity index is 447. The van der Waals surface area contributed by atoms with Crippen LogP contribution in [0.25, 0.3) is 11.2 Å². The number of nitrogen functional groups attached to an aromatic ring is 1. The van der Waals surface area contributed by atoms with Crippen molar-refractivity contribution in [3.05, 3.63) is 12.3 Å². The fourth-order valence-corrected chi connectivity index (χ4v) is 1.33. The molecule has 2 N–H and O–H groups in total. The SMILES string of the molecule is CCC(C)n1nnc2c(N)ccnc21. The summed E-state index contributed by atoms with van der Waals surface area (Å²) in [5.74, 6) is 0. The summed E-state index contributed by atoms with van der Waals surface area (Å²) < 4.78 is 1.81. The van der Waals surface area contributed by atoms with Crippen LogP contribution >= 0.6 is 0 Å². The van der Waals surface area contributed by atoms with Gasteiger partial charge >= 0.3 is 0 Å². The van der Waals surface area contributed by atoms with Crippen molar-refractivity contribution < 1.29 is 0 Å². The molecular formula is C9H13N5. The molecule has 0 aromatic carbocycles. The third-order valence-electron chi connectivity index (χ3n) is 2.40.